The van der Waals surface area contributed by atoms with Gasteiger partial charge in [0.15, 0.2) is 0 Å². The summed E-state index contributed by atoms with van der Waals surface area (Å²) < 4.78 is 5.49. The smallest absolute Gasteiger partial charge is 0.433 e. The Morgan fingerprint density at radius 2 is 1.47 bits per heavy atom. The summed E-state index contributed by atoms with van der Waals surface area (Å²) in [7, 11) is 0. The van der Waals surface area contributed by atoms with E-state index in [0.717, 1.165) is 11.1 Å². The lowest BCUT2D eigenvalue weighted by Gasteiger charge is -2.28. The van der Waals surface area contributed by atoms with E-state index in [1.54, 1.807) is 20.8 Å². The molecule has 0 saturated carbocycles. The molecule has 7 nitrogen and oxygen atoms in total. The van der Waals surface area contributed by atoms with Crippen LogP contribution in [0.4, 0.5) is 21.9 Å². The number of carbonyl (C=O) groups is 1. The first-order valence-electron chi connectivity index (χ1n) is 9.43. The van der Waals surface area contributed by atoms with Gasteiger partial charge >= 0.3 is 6.09 Å². The Bertz CT molecular complexity index is 1010. The Morgan fingerprint density at radius 1 is 0.900 bits per heavy atom. The highest BCUT2D eigenvalue weighted by Crippen LogP contribution is 2.25. The van der Waals surface area contributed by atoms with Crippen molar-refractivity contribution < 1.29 is 14.5 Å². The second-order valence-corrected chi connectivity index (χ2v) is 7.64. The zero-order valence-electron chi connectivity index (χ0n) is 17.0. The number of carbonyl (C=O) groups excluding carboxylic acids is 1. The molecule has 0 aliphatic rings. The summed E-state index contributed by atoms with van der Waals surface area (Å²) in [4.78, 5) is 23.2. The Kier molecular flexibility index (Phi) is 6.01. The SMILES string of the molecule is CC(C)(C)OC(=O)N(Nc1ccc(-c2ccccc2)cc1)c1ccc([N+](=O)[O-])cc1. The molecule has 3 rings (SSSR count). The Hall–Kier alpha value is -3.87. The van der Waals surface area contributed by atoms with Crippen LogP contribution in [0, 0.1) is 10.1 Å². The van der Waals surface area contributed by atoms with E-state index in [0.29, 0.717) is 11.4 Å². The van der Waals surface area contributed by atoms with Gasteiger partial charge in [0.1, 0.15) is 5.60 Å². The second kappa shape index (κ2) is 8.65. The van der Waals surface area contributed by atoms with Gasteiger partial charge in [0.05, 0.1) is 16.3 Å². The molecule has 3 aromatic rings. The fourth-order valence-electron chi connectivity index (χ4n) is 2.74. The first-order valence-corrected chi connectivity index (χ1v) is 9.43. The van der Waals surface area contributed by atoms with E-state index in [2.05, 4.69) is 5.43 Å². The van der Waals surface area contributed by atoms with Crippen LogP contribution in [0.25, 0.3) is 11.1 Å². The summed E-state index contributed by atoms with van der Waals surface area (Å²) in [5.74, 6) is 0. The average Bonchev–Trinajstić information content (AvgIpc) is 2.72. The third-order valence-corrected chi connectivity index (χ3v) is 4.13. The minimum Gasteiger partial charge on any atom is -0.442 e. The van der Waals surface area contributed by atoms with Crippen molar-refractivity contribution in [2.24, 2.45) is 0 Å². The summed E-state index contributed by atoms with van der Waals surface area (Å²) in [5.41, 5.74) is 5.49. The van der Waals surface area contributed by atoms with Crippen molar-refractivity contribution in [1.82, 2.24) is 0 Å². The molecule has 1 N–H and O–H groups in total. The summed E-state index contributed by atoms with van der Waals surface area (Å²) in [6.07, 6.45) is -0.622. The van der Waals surface area contributed by atoms with E-state index < -0.39 is 16.6 Å². The van der Waals surface area contributed by atoms with Crippen molar-refractivity contribution in [2.45, 2.75) is 26.4 Å². The van der Waals surface area contributed by atoms with Crippen LogP contribution in [-0.4, -0.2) is 16.6 Å². The quantitative estimate of drug-likeness (QED) is 0.414. The largest absolute Gasteiger partial charge is 0.442 e. The molecule has 30 heavy (non-hydrogen) atoms. The Morgan fingerprint density at radius 3 is 2.00 bits per heavy atom. The number of amides is 1. The van der Waals surface area contributed by atoms with E-state index in [1.807, 2.05) is 54.6 Å². The molecule has 0 bridgehead atoms. The van der Waals surface area contributed by atoms with Crippen LogP contribution < -0.4 is 10.4 Å². The lowest BCUT2D eigenvalue weighted by Crippen LogP contribution is -2.40. The lowest BCUT2D eigenvalue weighted by atomic mass is 10.1. The normalized spacial score (nSPS) is 10.9. The molecule has 0 heterocycles. The van der Waals surface area contributed by atoms with E-state index in [-0.39, 0.29) is 5.69 Å². The molecule has 3 aromatic carbocycles. The predicted molar refractivity (Wildman–Crippen MR) is 117 cm³/mol. The molecule has 0 radical (unpaired) electrons. The van der Waals surface area contributed by atoms with E-state index in [4.69, 9.17) is 4.74 Å². The number of hydrogen-bond donors (Lipinski definition) is 1. The maximum atomic E-state index is 12.8. The van der Waals surface area contributed by atoms with Gasteiger partial charge in [0.2, 0.25) is 0 Å². The number of benzene rings is 3. The highest BCUT2D eigenvalue weighted by Gasteiger charge is 2.24. The maximum Gasteiger partial charge on any atom is 0.433 e. The van der Waals surface area contributed by atoms with Crippen LogP contribution in [0.15, 0.2) is 78.9 Å². The zero-order valence-corrected chi connectivity index (χ0v) is 17.0. The molecular formula is C23H23N3O4. The minimum absolute atomic E-state index is 0.0601. The highest BCUT2D eigenvalue weighted by atomic mass is 16.6. The predicted octanol–water partition coefficient (Wildman–Crippen LogP) is 6.03. The number of nitro benzene ring substituents is 1. The molecule has 0 atom stereocenters. The van der Waals surface area contributed by atoms with Gasteiger partial charge in [-0.2, -0.15) is 5.01 Å². The first kappa shape index (κ1) is 20.9. The van der Waals surface area contributed by atoms with Gasteiger partial charge in [-0.3, -0.25) is 15.5 Å². The number of rotatable bonds is 5. The summed E-state index contributed by atoms with van der Waals surface area (Å²) in [6, 6.07) is 23.2. The van der Waals surface area contributed by atoms with E-state index >= 15 is 0 Å². The van der Waals surface area contributed by atoms with Crippen molar-refractivity contribution in [1.29, 1.82) is 0 Å². The van der Waals surface area contributed by atoms with Gasteiger partial charge in [-0.1, -0.05) is 42.5 Å². The number of nitro groups is 1. The van der Waals surface area contributed by atoms with E-state index in [9.17, 15) is 14.9 Å². The third kappa shape index (κ3) is 5.35. The van der Waals surface area contributed by atoms with Gasteiger partial charge in [-0.25, -0.2) is 4.79 Å². The lowest BCUT2D eigenvalue weighted by molar-refractivity contribution is -0.384. The number of non-ortho nitro benzene ring substituents is 1. The minimum atomic E-state index is -0.699. The van der Waals surface area contributed by atoms with Gasteiger partial charge in [-0.05, 0) is 56.2 Å². The maximum absolute atomic E-state index is 12.8. The number of anilines is 2. The monoisotopic (exact) mass is 405 g/mol. The van der Waals surface area contributed by atoms with Crippen molar-refractivity contribution >= 4 is 23.2 Å². The Balaban J connectivity index is 1.86. The molecule has 0 saturated heterocycles. The van der Waals surface area contributed by atoms with Crippen LogP contribution in [0.3, 0.4) is 0 Å². The number of ether oxygens (including phenoxy) is 1. The zero-order chi connectivity index (χ0) is 21.7. The fraction of sp³-hybridized carbons (Fsp3) is 0.174. The average molecular weight is 405 g/mol. The van der Waals surface area contributed by atoms with Crippen molar-refractivity contribution in [3.05, 3.63) is 89.0 Å². The van der Waals surface area contributed by atoms with Crippen LogP contribution in [0.5, 0.6) is 0 Å². The van der Waals surface area contributed by atoms with E-state index in [1.165, 1.54) is 29.3 Å². The number of hydrogen-bond acceptors (Lipinski definition) is 5. The topological polar surface area (TPSA) is 84.7 Å². The molecule has 0 aliphatic carbocycles. The molecule has 0 aliphatic heterocycles. The summed E-state index contributed by atoms with van der Waals surface area (Å²) >= 11 is 0. The number of hydrazine groups is 1. The van der Waals surface area contributed by atoms with Crippen LogP contribution in [-0.2, 0) is 4.74 Å². The molecule has 0 aromatic heterocycles. The molecule has 0 unspecified atom stereocenters. The molecular weight excluding hydrogens is 382 g/mol. The van der Waals surface area contributed by atoms with Gasteiger partial charge in [-0.15, -0.1) is 0 Å². The van der Waals surface area contributed by atoms with Gasteiger partial charge in [0.25, 0.3) is 5.69 Å². The fourth-order valence-corrected chi connectivity index (χ4v) is 2.74. The first-order chi connectivity index (χ1) is 14.2. The standard InChI is InChI=1S/C23H23N3O4/c1-23(2,3)30-22(27)25(20-13-15-21(16-14-20)26(28)29)24-19-11-9-18(10-12-19)17-7-5-4-6-8-17/h4-16,24H,1-3H3. The molecule has 1 amide bonds. The summed E-state index contributed by atoms with van der Waals surface area (Å²) in [6.45, 7) is 5.31. The highest BCUT2D eigenvalue weighted by molar-refractivity contribution is 5.90. The second-order valence-electron chi connectivity index (χ2n) is 7.64. The Labute approximate surface area is 175 Å². The molecule has 0 spiro atoms. The van der Waals surface area contributed by atoms with Crippen LogP contribution in [0.2, 0.25) is 0 Å². The third-order valence-electron chi connectivity index (χ3n) is 4.13. The van der Waals surface area contributed by atoms with Crippen molar-refractivity contribution in [3.8, 4) is 11.1 Å². The molecule has 0 fully saturated rings. The van der Waals surface area contributed by atoms with Crippen LogP contribution in [0.1, 0.15) is 20.8 Å². The van der Waals surface area contributed by atoms with Crippen molar-refractivity contribution in [2.75, 3.05) is 10.4 Å². The van der Waals surface area contributed by atoms with Crippen LogP contribution >= 0.6 is 0 Å². The van der Waals surface area contributed by atoms with Gasteiger partial charge < -0.3 is 4.74 Å². The number of nitrogens with one attached hydrogen (secondary N) is 1. The molecule has 7 heteroatoms. The van der Waals surface area contributed by atoms with Crippen molar-refractivity contribution in [3.63, 3.8) is 0 Å². The van der Waals surface area contributed by atoms with Gasteiger partial charge in [0, 0.05) is 12.1 Å². The molecule has 154 valence electrons. The summed E-state index contributed by atoms with van der Waals surface area (Å²) in [5, 5.41) is 12.2. The number of nitrogens with zero attached hydrogens (tertiary/aromatic N) is 2.